The average Bonchev–Trinajstić information content (AvgIpc) is 3.32. The lowest BCUT2D eigenvalue weighted by Gasteiger charge is -2.34. The Balaban J connectivity index is 1.33. The Hall–Kier alpha value is -2.65. The number of rotatable bonds is 5. The van der Waals surface area contributed by atoms with E-state index in [1.807, 2.05) is 47.5 Å². The molecular weight excluding hydrogens is 362 g/mol. The second kappa shape index (κ2) is 7.93. The fraction of sp³-hybridized carbons (Fsp3) is 0.389. The number of piperazine rings is 1. The molecule has 1 fully saturated rings. The molecule has 0 atom stereocenters. The van der Waals surface area contributed by atoms with E-state index in [1.54, 1.807) is 16.0 Å². The van der Waals surface area contributed by atoms with Gasteiger partial charge in [-0.2, -0.15) is 4.68 Å². The highest BCUT2D eigenvalue weighted by Crippen LogP contribution is 2.14. The molecule has 8 nitrogen and oxygen atoms in total. The van der Waals surface area contributed by atoms with Crippen LogP contribution >= 0.6 is 11.3 Å². The number of nitrogens with zero attached hydrogens (tertiary/aromatic N) is 7. The molecule has 140 valence electrons. The van der Waals surface area contributed by atoms with E-state index in [4.69, 9.17) is 0 Å². The lowest BCUT2D eigenvalue weighted by molar-refractivity contribution is -0.132. The maximum Gasteiger partial charge on any atom is 0.229 e. The second-order valence-electron chi connectivity index (χ2n) is 6.56. The minimum atomic E-state index is 0.151. The summed E-state index contributed by atoms with van der Waals surface area (Å²) in [5, 5.41) is 15.0. The number of carbonyl (C=O) groups is 1. The van der Waals surface area contributed by atoms with Crippen molar-refractivity contribution < 1.29 is 4.79 Å². The lowest BCUT2D eigenvalue weighted by Crippen LogP contribution is -2.48. The third kappa shape index (κ3) is 4.20. The summed E-state index contributed by atoms with van der Waals surface area (Å²) < 4.78 is 1.77. The van der Waals surface area contributed by atoms with Crippen molar-refractivity contribution in [2.75, 3.05) is 26.2 Å². The van der Waals surface area contributed by atoms with E-state index in [0.717, 1.165) is 48.4 Å². The Morgan fingerprint density at radius 1 is 1.15 bits per heavy atom. The summed E-state index contributed by atoms with van der Waals surface area (Å²) in [6.07, 6.45) is 0.394. The predicted octanol–water partition coefficient (Wildman–Crippen LogP) is 1.31. The quantitative estimate of drug-likeness (QED) is 0.661. The van der Waals surface area contributed by atoms with Crippen molar-refractivity contribution in [3.05, 3.63) is 52.2 Å². The van der Waals surface area contributed by atoms with Crippen LogP contribution in [-0.2, 0) is 17.8 Å². The van der Waals surface area contributed by atoms with Crippen molar-refractivity contribution in [3.63, 3.8) is 0 Å². The zero-order chi connectivity index (χ0) is 18.6. The summed E-state index contributed by atoms with van der Waals surface area (Å²) in [7, 11) is 0. The van der Waals surface area contributed by atoms with Gasteiger partial charge in [-0.3, -0.25) is 9.69 Å². The van der Waals surface area contributed by atoms with Crippen molar-refractivity contribution in [2.45, 2.75) is 19.9 Å². The van der Waals surface area contributed by atoms with Crippen LogP contribution in [0.4, 0.5) is 0 Å². The molecule has 0 spiro atoms. The molecule has 0 saturated carbocycles. The Labute approximate surface area is 161 Å². The molecule has 1 saturated heterocycles. The molecule has 3 heterocycles. The van der Waals surface area contributed by atoms with Gasteiger partial charge in [0.25, 0.3) is 0 Å². The van der Waals surface area contributed by atoms with E-state index < -0.39 is 0 Å². The molecule has 9 heteroatoms. The van der Waals surface area contributed by atoms with E-state index in [2.05, 4.69) is 25.4 Å². The Bertz CT molecular complexity index is 899. The molecule has 1 aliphatic rings. The summed E-state index contributed by atoms with van der Waals surface area (Å²) in [6, 6.07) is 9.87. The third-order valence-electron chi connectivity index (χ3n) is 4.59. The van der Waals surface area contributed by atoms with Crippen LogP contribution in [0.1, 0.15) is 16.5 Å². The third-order valence-corrected chi connectivity index (χ3v) is 5.56. The van der Waals surface area contributed by atoms with E-state index in [1.165, 1.54) is 0 Å². The number of carbonyl (C=O) groups excluding carboxylic acids is 1. The van der Waals surface area contributed by atoms with Gasteiger partial charge < -0.3 is 4.90 Å². The van der Waals surface area contributed by atoms with Crippen molar-refractivity contribution >= 4 is 17.2 Å². The van der Waals surface area contributed by atoms with E-state index in [9.17, 15) is 4.79 Å². The topological polar surface area (TPSA) is 80.0 Å². The van der Waals surface area contributed by atoms with E-state index >= 15 is 0 Å². The molecule has 2 aromatic heterocycles. The van der Waals surface area contributed by atoms with Crippen LogP contribution in [0.25, 0.3) is 5.69 Å². The van der Waals surface area contributed by atoms with Gasteiger partial charge >= 0.3 is 0 Å². The van der Waals surface area contributed by atoms with Gasteiger partial charge in [0.2, 0.25) is 5.91 Å². The Morgan fingerprint density at radius 2 is 1.93 bits per heavy atom. The Morgan fingerprint density at radius 3 is 2.63 bits per heavy atom. The van der Waals surface area contributed by atoms with E-state index in [-0.39, 0.29) is 5.91 Å². The number of amides is 1. The lowest BCUT2D eigenvalue weighted by atomic mass is 10.2. The number of tetrazole rings is 1. The normalized spacial score (nSPS) is 15.2. The molecule has 0 aliphatic carbocycles. The molecule has 1 aliphatic heterocycles. The molecular formula is C18H21N7OS. The second-order valence-corrected chi connectivity index (χ2v) is 7.50. The first kappa shape index (κ1) is 17.7. The predicted molar refractivity (Wildman–Crippen MR) is 102 cm³/mol. The minimum absolute atomic E-state index is 0.151. The number of hydrogen-bond acceptors (Lipinski definition) is 7. The molecule has 3 aromatic rings. The van der Waals surface area contributed by atoms with Crippen LogP contribution < -0.4 is 0 Å². The summed E-state index contributed by atoms with van der Waals surface area (Å²) >= 11 is 1.55. The first-order valence-corrected chi connectivity index (χ1v) is 9.81. The van der Waals surface area contributed by atoms with Gasteiger partial charge in [0.1, 0.15) is 5.01 Å². The molecule has 0 bridgehead atoms. The van der Waals surface area contributed by atoms with Gasteiger partial charge in [-0.15, -0.1) is 16.4 Å². The first-order valence-electron chi connectivity index (χ1n) is 8.93. The molecule has 0 unspecified atom stereocenters. The minimum Gasteiger partial charge on any atom is -0.340 e. The molecule has 27 heavy (non-hydrogen) atoms. The monoisotopic (exact) mass is 383 g/mol. The summed E-state index contributed by atoms with van der Waals surface area (Å²) in [5.41, 5.74) is 1.92. The van der Waals surface area contributed by atoms with Crippen LogP contribution in [0.5, 0.6) is 0 Å². The van der Waals surface area contributed by atoms with Crippen molar-refractivity contribution in [3.8, 4) is 5.69 Å². The highest BCUT2D eigenvalue weighted by atomic mass is 32.1. The molecule has 1 aromatic carbocycles. The van der Waals surface area contributed by atoms with Gasteiger partial charge in [-0.25, -0.2) is 4.98 Å². The fourth-order valence-electron chi connectivity index (χ4n) is 3.15. The number of aryl methyl sites for hydroxylation is 1. The highest BCUT2D eigenvalue weighted by Gasteiger charge is 2.23. The zero-order valence-electron chi connectivity index (χ0n) is 15.2. The SMILES string of the molecule is Cc1csc(CC(=O)N2CCN(Cc3nnnn3-c3ccccc3)CC2)n1. The summed E-state index contributed by atoms with van der Waals surface area (Å²) in [4.78, 5) is 21.1. The average molecular weight is 383 g/mol. The number of thiazole rings is 1. The van der Waals surface area contributed by atoms with Gasteiger partial charge in [0, 0.05) is 37.3 Å². The van der Waals surface area contributed by atoms with Crippen molar-refractivity contribution in [1.82, 2.24) is 35.0 Å². The number of aromatic nitrogens is 5. The number of hydrogen-bond donors (Lipinski definition) is 0. The van der Waals surface area contributed by atoms with Gasteiger partial charge in [0.05, 0.1) is 18.7 Å². The smallest absolute Gasteiger partial charge is 0.229 e. The maximum atomic E-state index is 12.5. The molecule has 0 N–H and O–H groups in total. The number of benzene rings is 1. The van der Waals surface area contributed by atoms with Crippen LogP contribution in [0.2, 0.25) is 0 Å². The Kier molecular flexibility index (Phi) is 5.21. The highest BCUT2D eigenvalue weighted by molar-refractivity contribution is 7.09. The largest absolute Gasteiger partial charge is 0.340 e. The maximum absolute atomic E-state index is 12.5. The van der Waals surface area contributed by atoms with Crippen LogP contribution in [0.3, 0.4) is 0 Å². The summed E-state index contributed by atoms with van der Waals surface area (Å²) in [5.74, 6) is 0.956. The fourth-order valence-corrected chi connectivity index (χ4v) is 3.92. The van der Waals surface area contributed by atoms with Gasteiger partial charge in [-0.05, 0) is 29.5 Å². The van der Waals surface area contributed by atoms with Crippen molar-refractivity contribution in [2.24, 2.45) is 0 Å². The molecule has 0 radical (unpaired) electrons. The van der Waals surface area contributed by atoms with Crippen molar-refractivity contribution in [1.29, 1.82) is 0 Å². The standard InChI is InChI=1S/C18H21N7OS/c1-14-13-27-17(19-14)11-18(26)24-9-7-23(8-10-24)12-16-20-21-22-25(16)15-5-3-2-4-6-15/h2-6,13H,7-12H2,1H3. The molecule has 1 amide bonds. The molecule has 4 rings (SSSR count). The van der Waals surface area contributed by atoms with Gasteiger partial charge in [-0.1, -0.05) is 18.2 Å². The first-order chi connectivity index (χ1) is 13.2. The van der Waals surface area contributed by atoms with Crippen LogP contribution in [0, 0.1) is 6.92 Å². The zero-order valence-corrected chi connectivity index (χ0v) is 16.0. The summed E-state index contributed by atoms with van der Waals surface area (Å²) in [6.45, 7) is 5.67. The number of para-hydroxylation sites is 1. The van der Waals surface area contributed by atoms with Crippen LogP contribution in [0.15, 0.2) is 35.7 Å². The van der Waals surface area contributed by atoms with Crippen LogP contribution in [-0.4, -0.2) is 67.1 Å². The van der Waals surface area contributed by atoms with E-state index in [0.29, 0.717) is 13.0 Å². The van der Waals surface area contributed by atoms with Gasteiger partial charge in [0.15, 0.2) is 5.82 Å².